The first-order valence-electron chi connectivity index (χ1n) is 11.9. The molecule has 1 aromatic carbocycles. The molecule has 1 aliphatic heterocycles. The second-order valence-corrected chi connectivity index (χ2v) is 9.10. The number of hydrogen-bond acceptors (Lipinski definition) is 6. The molecule has 4 N–H and O–H groups in total. The Labute approximate surface area is 195 Å². The summed E-state index contributed by atoms with van der Waals surface area (Å²) in [5.74, 6) is 0.267. The molecule has 2 aromatic rings. The Balaban J connectivity index is 1.32. The van der Waals surface area contributed by atoms with E-state index in [0.29, 0.717) is 25.2 Å². The highest BCUT2D eigenvalue weighted by atomic mass is 16.2. The van der Waals surface area contributed by atoms with Gasteiger partial charge in [0.25, 0.3) is 0 Å². The fourth-order valence-corrected chi connectivity index (χ4v) is 4.58. The number of carbonyl (C=O) groups is 1. The van der Waals surface area contributed by atoms with Crippen molar-refractivity contribution in [3.05, 3.63) is 52.6 Å². The van der Waals surface area contributed by atoms with Crippen LogP contribution >= 0.6 is 0 Å². The van der Waals surface area contributed by atoms with Gasteiger partial charge in [0, 0.05) is 51.0 Å². The third kappa shape index (κ3) is 6.19. The van der Waals surface area contributed by atoms with Gasteiger partial charge in [-0.2, -0.15) is 4.98 Å². The van der Waals surface area contributed by atoms with Crippen molar-refractivity contribution in [3.8, 4) is 5.69 Å². The molecular weight excluding hydrogens is 418 g/mol. The first-order valence-corrected chi connectivity index (χ1v) is 11.9. The van der Waals surface area contributed by atoms with Gasteiger partial charge in [-0.1, -0.05) is 12.1 Å². The van der Waals surface area contributed by atoms with Crippen LogP contribution < -0.4 is 22.1 Å². The van der Waals surface area contributed by atoms with E-state index in [9.17, 15) is 9.59 Å². The zero-order valence-corrected chi connectivity index (χ0v) is 19.4. The van der Waals surface area contributed by atoms with Crippen LogP contribution in [0.2, 0.25) is 0 Å². The molecule has 1 saturated heterocycles. The minimum atomic E-state index is -0.420. The number of piperazine rings is 1. The van der Waals surface area contributed by atoms with Gasteiger partial charge < -0.3 is 20.9 Å². The summed E-state index contributed by atoms with van der Waals surface area (Å²) in [6.45, 7) is 3.82. The molecule has 2 amide bonds. The average molecular weight is 454 g/mol. The summed E-state index contributed by atoms with van der Waals surface area (Å²) < 4.78 is 1.49. The quantitative estimate of drug-likeness (QED) is 0.610. The van der Waals surface area contributed by atoms with Crippen LogP contribution in [0.1, 0.15) is 31.2 Å². The fraction of sp³-hybridized carbons (Fsp3) is 0.542. The summed E-state index contributed by atoms with van der Waals surface area (Å²) in [7, 11) is 2.20. The number of rotatable bonds is 6. The smallest absolute Gasteiger partial charge is 0.328 e. The van der Waals surface area contributed by atoms with Crippen molar-refractivity contribution in [2.45, 2.75) is 44.2 Å². The van der Waals surface area contributed by atoms with Crippen molar-refractivity contribution < 1.29 is 4.79 Å². The first kappa shape index (κ1) is 23.4. The zero-order valence-electron chi connectivity index (χ0n) is 19.4. The van der Waals surface area contributed by atoms with Gasteiger partial charge in [-0.25, -0.2) is 9.59 Å². The number of nitrogens with zero attached hydrogens (tertiary/aromatic N) is 4. The van der Waals surface area contributed by atoms with E-state index in [0.717, 1.165) is 44.6 Å². The minimum absolute atomic E-state index is 0.230. The van der Waals surface area contributed by atoms with Gasteiger partial charge in [0.05, 0.1) is 5.69 Å². The maximum Gasteiger partial charge on any atom is 0.354 e. The summed E-state index contributed by atoms with van der Waals surface area (Å²) in [5, 5.41) is 5.92. The molecule has 9 nitrogen and oxygen atoms in total. The van der Waals surface area contributed by atoms with E-state index >= 15 is 0 Å². The number of benzene rings is 1. The number of amides is 2. The van der Waals surface area contributed by atoms with Crippen LogP contribution in [0.4, 0.5) is 10.6 Å². The Morgan fingerprint density at radius 3 is 2.52 bits per heavy atom. The van der Waals surface area contributed by atoms with E-state index in [1.54, 1.807) is 17.2 Å². The maximum atomic E-state index is 12.6. The molecular formula is C24H35N7O2. The number of urea groups is 1. The van der Waals surface area contributed by atoms with Crippen molar-refractivity contribution >= 4 is 11.8 Å². The highest BCUT2D eigenvalue weighted by molar-refractivity contribution is 5.88. The number of carbonyl (C=O) groups excluding carboxylic acids is 1. The van der Waals surface area contributed by atoms with Crippen molar-refractivity contribution in [3.63, 3.8) is 0 Å². The third-order valence-electron chi connectivity index (χ3n) is 6.78. The summed E-state index contributed by atoms with van der Waals surface area (Å²) >= 11 is 0. The normalized spacial score (nSPS) is 21.2. The van der Waals surface area contributed by atoms with Gasteiger partial charge in [0.1, 0.15) is 5.82 Å². The molecule has 2 aliphatic rings. The molecule has 2 heterocycles. The van der Waals surface area contributed by atoms with Crippen molar-refractivity contribution in [1.29, 1.82) is 0 Å². The van der Waals surface area contributed by atoms with E-state index in [4.69, 9.17) is 5.73 Å². The molecule has 2 fully saturated rings. The van der Waals surface area contributed by atoms with Crippen LogP contribution in [0.5, 0.6) is 0 Å². The SMILES string of the molecule is CN(CCc1ccc(-n2ccc(NC(=O)N3CCNCC3)nc2=O)cc1)C1CCC(N)CC1. The van der Waals surface area contributed by atoms with Crippen LogP contribution in [0.3, 0.4) is 0 Å². The molecule has 0 bridgehead atoms. The van der Waals surface area contributed by atoms with E-state index in [1.807, 2.05) is 12.1 Å². The van der Waals surface area contributed by atoms with Crippen molar-refractivity contribution in [2.24, 2.45) is 5.73 Å². The Bertz CT molecular complexity index is 977. The fourth-order valence-electron chi connectivity index (χ4n) is 4.58. The standard InChI is InChI=1S/C24H35N7O2/c1-29(20-8-4-19(25)5-9-20)14-10-18-2-6-21(7-3-18)31-15-11-22(28-24(31)33)27-23(32)30-16-12-26-13-17-30/h2-3,6-7,11,15,19-20,26H,4-5,8-10,12-14,16-17,25H2,1H3,(H,27,28,32,33). The second kappa shape index (κ2) is 10.9. The molecule has 0 unspecified atom stereocenters. The molecule has 0 atom stereocenters. The summed E-state index contributed by atoms with van der Waals surface area (Å²) in [4.78, 5) is 33.1. The number of likely N-dealkylation sites (N-methyl/N-ethyl adjacent to an activating group) is 1. The Morgan fingerprint density at radius 2 is 1.85 bits per heavy atom. The average Bonchev–Trinajstić information content (AvgIpc) is 2.84. The summed E-state index contributed by atoms with van der Waals surface area (Å²) in [6.07, 6.45) is 7.20. The molecule has 1 aromatic heterocycles. The van der Waals surface area contributed by atoms with Gasteiger partial charge in [-0.3, -0.25) is 9.88 Å². The number of nitrogens with one attached hydrogen (secondary N) is 2. The Kier molecular flexibility index (Phi) is 7.74. The molecule has 178 valence electrons. The van der Waals surface area contributed by atoms with Crippen LogP contribution in [0.15, 0.2) is 41.3 Å². The van der Waals surface area contributed by atoms with E-state index in [2.05, 4.69) is 39.7 Å². The van der Waals surface area contributed by atoms with E-state index in [-0.39, 0.29) is 11.8 Å². The van der Waals surface area contributed by atoms with Gasteiger partial charge >= 0.3 is 11.7 Å². The lowest BCUT2D eigenvalue weighted by Crippen LogP contribution is -2.48. The molecule has 1 aliphatic carbocycles. The summed E-state index contributed by atoms with van der Waals surface area (Å²) in [6, 6.07) is 10.4. The predicted molar refractivity (Wildman–Crippen MR) is 130 cm³/mol. The van der Waals surface area contributed by atoms with Crippen LogP contribution in [-0.2, 0) is 6.42 Å². The second-order valence-electron chi connectivity index (χ2n) is 9.10. The highest BCUT2D eigenvalue weighted by Crippen LogP contribution is 2.21. The topological polar surface area (TPSA) is 109 Å². The third-order valence-corrected chi connectivity index (χ3v) is 6.78. The lowest BCUT2D eigenvalue weighted by atomic mass is 9.91. The zero-order chi connectivity index (χ0) is 23.2. The maximum absolute atomic E-state index is 12.6. The van der Waals surface area contributed by atoms with E-state index in [1.165, 1.54) is 23.0 Å². The highest BCUT2D eigenvalue weighted by Gasteiger charge is 2.21. The van der Waals surface area contributed by atoms with Gasteiger partial charge in [-0.05, 0) is 62.9 Å². The largest absolute Gasteiger partial charge is 0.354 e. The molecule has 0 spiro atoms. The van der Waals surface area contributed by atoms with Crippen molar-refractivity contribution in [1.82, 2.24) is 24.7 Å². The van der Waals surface area contributed by atoms with Crippen LogP contribution in [0.25, 0.3) is 5.69 Å². The molecule has 4 rings (SSSR count). The van der Waals surface area contributed by atoms with Crippen LogP contribution in [0, 0.1) is 0 Å². The Hall–Kier alpha value is -2.75. The monoisotopic (exact) mass is 453 g/mol. The number of nitrogens with two attached hydrogens (primary N) is 1. The lowest BCUT2D eigenvalue weighted by Gasteiger charge is -2.33. The minimum Gasteiger partial charge on any atom is -0.328 e. The molecule has 33 heavy (non-hydrogen) atoms. The predicted octanol–water partition coefficient (Wildman–Crippen LogP) is 1.41. The van der Waals surface area contributed by atoms with Crippen LogP contribution in [-0.4, -0.2) is 77.2 Å². The number of hydrogen-bond donors (Lipinski definition) is 3. The molecule has 9 heteroatoms. The number of anilines is 1. The Morgan fingerprint density at radius 1 is 1.15 bits per heavy atom. The van der Waals surface area contributed by atoms with Gasteiger partial charge in [-0.15, -0.1) is 0 Å². The summed E-state index contributed by atoms with van der Waals surface area (Å²) in [5.41, 5.74) is 7.60. The van der Waals surface area contributed by atoms with Gasteiger partial charge in [0.15, 0.2) is 0 Å². The molecule has 0 radical (unpaired) electrons. The number of aromatic nitrogens is 2. The lowest BCUT2D eigenvalue weighted by molar-refractivity contribution is 0.185. The molecule has 1 saturated carbocycles. The first-order chi connectivity index (χ1) is 16.0. The van der Waals surface area contributed by atoms with E-state index < -0.39 is 5.69 Å². The van der Waals surface area contributed by atoms with Gasteiger partial charge in [0.2, 0.25) is 0 Å². The van der Waals surface area contributed by atoms with Crippen molar-refractivity contribution in [2.75, 3.05) is 45.1 Å².